The van der Waals surface area contributed by atoms with Gasteiger partial charge < -0.3 is 9.32 Å². The molecule has 0 amide bonds. The molecule has 0 bridgehead atoms. The summed E-state index contributed by atoms with van der Waals surface area (Å²) < 4.78 is 6.93. The molecular formula is C57H41NO. The second-order valence-corrected chi connectivity index (χ2v) is 15.7. The molecule has 1 heterocycles. The summed E-state index contributed by atoms with van der Waals surface area (Å²) in [6.07, 6.45) is 5.55. The standard InChI is InChI=1S/C57H41NO/c1-38-26-35-50-51(36-38)54(37-52-56-49(23-13-25-55(56)59-57(50)52)48-22-12-19-43-18-8-9-20-46(43)48)58(53-24-11-10-21-47(53)44-16-6-3-7-17-44)45-33-31-42(32-34-45)41-29-27-40(28-30-41)39-14-4-2-5-15-39/h2-35,37-38H,36H2,1H3. The lowest BCUT2D eigenvalue weighted by molar-refractivity contribution is 0.662. The van der Waals surface area contributed by atoms with E-state index in [1.807, 2.05) is 0 Å². The van der Waals surface area contributed by atoms with Gasteiger partial charge in [0.1, 0.15) is 11.2 Å². The molecule has 2 heteroatoms. The van der Waals surface area contributed by atoms with Crippen LogP contribution < -0.4 is 4.90 Å². The summed E-state index contributed by atoms with van der Waals surface area (Å²) in [7, 11) is 0. The predicted molar refractivity (Wildman–Crippen MR) is 250 cm³/mol. The van der Waals surface area contributed by atoms with Gasteiger partial charge in [-0.2, -0.15) is 0 Å². The highest BCUT2D eigenvalue weighted by Gasteiger charge is 2.28. The average Bonchev–Trinajstić information content (AvgIpc) is 3.69. The third-order valence-corrected chi connectivity index (χ3v) is 12.0. The van der Waals surface area contributed by atoms with Gasteiger partial charge in [-0.25, -0.2) is 0 Å². The first-order valence-electron chi connectivity index (χ1n) is 20.6. The van der Waals surface area contributed by atoms with Crippen molar-refractivity contribution >= 4 is 55.8 Å². The van der Waals surface area contributed by atoms with E-state index in [1.165, 1.54) is 66.5 Å². The van der Waals surface area contributed by atoms with Crippen molar-refractivity contribution in [3.8, 4) is 44.5 Å². The van der Waals surface area contributed by atoms with Crippen LogP contribution in [-0.2, 0) is 6.42 Å². The number of para-hydroxylation sites is 1. The average molecular weight is 756 g/mol. The Kier molecular flexibility index (Phi) is 8.56. The minimum absolute atomic E-state index is 0.377. The van der Waals surface area contributed by atoms with Crippen LogP contribution in [0.2, 0.25) is 0 Å². The highest BCUT2D eigenvalue weighted by molar-refractivity contribution is 6.18. The van der Waals surface area contributed by atoms with Gasteiger partial charge >= 0.3 is 0 Å². The predicted octanol–water partition coefficient (Wildman–Crippen LogP) is 16.1. The smallest absolute Gasteiger partial charge is 0.143 e. The Morgan fingerprint density at radius 1 is 0.475 bits per heavy atom. The maximum atomic E-state index is 6.93. The maximum Gasteiger partial charge on any atom is 0.143 e. The number of furan rings is 1. The fourth-order valence-corrected chi connectivity index (χ4v) is 9.16. The van der Waals surface area contributed by atoms with Gasteiger partial charge in [0.2, 0.25) is 0 Å². The Labute approximate surface area is 345 Å². The fraction of sp³-hybridized carbons (Fsp3) is 0.0526. The SMILES string of the molecule is CC1C=Cc2c(c(N(c3ccc(-c4ccc(-c5ccccc5)cc4)cc3)c3ccccc3-c3ccccc3)cc3c2oc2cccc(-c4cccc5ccccc45)c23)C1. The molecule has 59 heavy (non-hydrogen) atoms. The number of hydrogen-bond donors (Lipinski definition) is 0. The summed E-state index contributed by atoms with van der Waals surface area (Å²) in [5.74, 6) is 0.377. The molecular weight excluding hydrogens is 715 g/mol. The number of allylic oxidation sites excluding steroid dienone is 1. The lowest BCUT2D eigenvalue weighted by Gasteiger charge is -2.32. The molecule has 1 aromatic heterocycles. The molecule has 0 saturated carbocycles. The summed E-state index contributed by atoms with van der Waals surface area (Å²) in [6.45, 7) is 2.31. The van der Waals surface area contributed by atoms with Gasteiger partial charge in [0, 0.05) is 27.6 Å². The normalized spacial score (nSPS) is 13.5. The van der Waals surface area contributed by atoms with Crippen LogP contribution in [0.3, 0.4) is 0 Å². The van der Waals surface area contributed by atoms with E-state index in [9.17, 15) is 0 Å². The van der Waals surface area contributed by atoms with Crippen LogP contribution in [-0.4, -0.2) is 0 Å². The topological polar surface area (TPSA) is 16.4 Å². The van der Waals surface area contributed by atoms with Crippen LogP contribution in [0.5, 0.6) is 0 Å². The molecule has 0 N–H and O–H groups in total. The van der Waals surface area contributed by atoms with E-state index in [4.69, 9.17) is 4.42 Å². The van der Waals surface area contributed by atoms with Gasteiger partial charge in [0.15, 0.2) is 0 Å². The van der Waals surface area contributed by atoms with Crippen molar-refractivity contribution in [2.45, 2.75) is 13.3 Å². The van der Waals surface area contributed by atoms with Crippen LogP contribution in [0.25, 0.3) is 83.3 Å². The lowest BCUT2D eigenvalue weighted by atomic mass is 9.86. The molecule has 1 unspecified atom stereocenters. The highest BCUT2D eigenvalue weighted by Crippen LogP contribution is 2.49. The van der Waals surface area contributed by atoms with Crippen molar-refractivity contribution in [2.75, 3.05) is 4.90 Å². The lowest BCUT2D eigenvalue weighted by Crippen LogP contribution is -2.16. The molecule has 1 aliphatic carbocycles. The molecule has 0 saturated heterocycles. The first kappa shape index (κ1) is 34.8. The molecule has 1 aliphatic rings. The Hall–Kier alpha value is -7.42. The molecule has 2 nitrogen and oxygen atoms in total. The highest BCUT2D eigenvalue weighted by atomic mass is 16.3. The van der Waals surface area contributed by atoms with Crippen molar-refractivity contribution in [1.82, 2.24) is 0 Å². The van der Waals surface area contributed by atoms with Crippen molar-refractivity contribution in [3.63, 3.8) is 0 Å². The molecule has 11 rings (SSSR count). The largest absolute Gasteiger partial charge is 0.455 e. The molecule has 0 spiro atoms. The van der Waals surface area contributed by atoms with E-state index in [-0.39, 0.29) is 0 Å². The molecule has 0 radical (unpaired) electrons. The number of anilines is 3. The molecule has 9 aromatic carbocycles. The van der Waals surface area contributed by atoms with E-state index in [2.05, 4.69) is 224 Å². The van der Waals surface area contributed by atoms with Crippen LogP contribution in [0, 0.1) is 5.92 Å². The summed E-state index contributed by atoms with van der Waals surface area (Å²) in [6, 6.07) is 72.4. The van der Waals surface area contributed by atoms with Crippen LogP contribution in [0.4, 0.5) is 17.1 Å². The quantitative estimate of drug-likeness (QED) is 0.161. The number of fused-ring (bicyclic) bond motifs is 6. The third-order valence-electron chi connectivity index (χ3n) is 12.0. The van der Waals surface area contributed by atoms with Crippen molar-refractivity contribution < 1.29 is 4.42 Å². The summed E-state index contributed by atoms with van der Waals surface area (Å²) in [5, 5.41) is 4.72. The summed E-state index contributed by atoms with van der Waals surface area (Å²) in [5.41, 5.74) is 17.2. The van der Waals surface area contributed by atoms with Crippen molar-refractivity contribution in [2.24, 2.45) is 5.92 Å². The number of rotatable bonds is 7. The van der Waals surface area contributed by atoms with Gasteiger partial charge in [-0.05, 0) is 98.0 Å². The van der Waals surface area contributed by atoms with E-state index in [1.54, 1.807) is 0 Å². The maximum absolute atomic E-state index is 6.93. The van der Waals surface area contributed by atoms with Gasteiger partial charge in [-0.15, -0.1) is 0 Å². The molecule has 280 valence electrons. The molecule has 0 fully saturated rings. The minimum atomic E-state index is 0.377. The van der Waals surface area contributed by atoms with Crippen molar-refractivity contribution in [1.29, 1.82) is 0 Å². The fourth-order valence-electron chi connectivity index (χ4n) is 9.16. The van der Waals surface area contributed by atoms with Crippen LogP contribution in [0.15, 0.2) is 211 Å². The Morgan fingerprint density at radius 2 is 1.05 bits per heavy atom. The van der Waals surface area contributed by atoms with Crippen LogP contribution in [0.1, 0.15) is 18.1 Å². The minimum Gasteiger partial charge on any atom is -0.455 e. The van der Waals surface area contributed by atoms with Gasteiger partial charge in [0.25, 0.3) is 0 Å². The van der Waals surface area contributed by atoms with Crippen LogP contribution >= 0.6 is 0 Å². The van der Waals surface area contributed by atoms with Gasteiger partial charge in [-0.1, -0.05) is 189 Å². The second-order valence-electron chi connectivity index (χ2n) is 15.7. The monoisotopic (exact) mass is 755 g/mol. The Morgan fingerprint density at radius 3 is 1.81 bits per heavy atom. The van der Waals surface area contributed by atoms with E-state index in [0.29, 0.717) is 5.92 Å². The van der Waals surface area contributed by atoms with Crippen molar-refractivity contribution in [3.05, 3.63) is 217 Å². The molecule has 0 aliphatic heterocycles. The first-order chi connectivity index (χ1) is 29.2. The zero-order valence-corrected chi connectivity index (χ0v) is 32.8. The summed E-state index contributed by atoms with van der Waals surface area (Å²) >= 11 is 0. The number of hydrogen-bond acceptors (Lipinski definition) is 2. The summed E-state index contributed by atoms with van der Waals surface area (Å²) in [4.78, 5) is 2.49. The first-order valence-corrected chi connectivity index (χ1v) is 20.6. The second kappa shape index (κ2) is 14.5. The van der Waals surface area contributed by atoms with E-state index >= 15 is 0 Å². The Balaban J connectivity index is 1.14. The van der Waals surface area contributed by atoms with E-state index in [0.717, 1.165) is 45.3 Å². The number of benzene rings is 9. The number of nitrogens with zero attached hydrogens (tertiary/aromatic N) is 1. The molecule has 10 aromatic rings. The third kappa shape index (κ3) is 6.13. The molecule has 1 atom stereocenters. The Bertz CT molecular complexity index is 3170. The van der Waals surface area contributed by atoms with Gasteiger partial charge in [0.05, 0.1) is 11.4 Å². The zero-order valence-electron chi connectivity index (χ0n) is 32.8. The van der Waals surface area contributed by atoms with Gasteiger partial charge in [-0.3, -0.25) is 0 Å². The zero-order chi connectivity index (χ0) is 39.3. The van der Waals surface area contributed by atoms with E-state index < -0.39 is 0 Å².